The van der Waals surface area contributed by atoms with Crippen molar-refractivity contribution in [3.05, 3.63) is 33.8 Å². The number of esters is 1. The van der Waals surface area contributed by atoms with Crippen molar-refractivity contribution < 1.29 is 14.3 Å². The largest absolute Gasteiger partial charge is 0.466 e. The maximum absolute atomic E-state index is 11.5. The van der Waals surface area contributed by atoms with Crippen LogP contribution in [0.2, 0.25) is 0 Å². The van der Waals surface area contributed by atoms with Gasteiger partial charge in [-0.05, 0) is 43.0 Å². The van der Waals surface area contributed by atoms with E-state index < -0.39 is 0 Å². The van der Waals surface area contributed by atoms with Gasteiger partial charge < -0.3 is 9.47 Å². The van der Waals surface area contributed by atoms with E-state index in [4.69, 9.17) is 9.47 Å². The summed E-state index contributed by atoms with van der Waals surface area (Å²) < 4.78 is 12.3. The molecule has 1 aromatic rings. The third kappa shape index (κ3) is 3.21. The van der Waals surface area contributed by atoms with Crippen molar-refractivity contribution in [3.63, 3.8) is 0 Å². The number of rotatable bonds is 4. The van der Waals surface area contributed by atoms with E-state index in [1.54, 1.807) is 0 Å². The quantitative estimate of drug-likeness (QED) is 0.767. The van der Waals surface area contributed by atoms with E-state index in [0.717, 1.165) is 43.6 Å². The predicted octanol–water partition coefficient (Wildman–Crippen LogP) is 2.88. The fourth-order valence-corrected chi connectivity index (χ4v) is 3.94. The number of morpholine rings is 1. The summed E-state index contributed by atoms with van der Waals surface area (Å²) in [5.41, 5.74) is 2.50. The van der Waals surface area contributed by atoms with E-state index in [9.17, 15) is 4.79 Å². The zero-order chi connectivity index (χ0) is 15.6. The Hall–Kier alpha value is -0.910. The number of ether oxygens (including phenoxy) is 2. The fourth-order valence-electron chi connectivity index (χ4n) is 3.53. The molecule has 1 atom stereocenters. The van der Waals surface area contributed by atoms with Crippen LogP contribution in [0.4, 0.5) is 0 Å². The molecule has 0 N–H and O–H groups in total. The van der Waals surface area contributed by atoms with Gasteiger partial charge in [-0.25, -0.2) is 0 Å². The molecule has 5 heteroatoms. The van der Waals surface area contributed by atoms with Crippen LogP contribution >= 0.6 is 15.9 Å². The minimum absolute atomic E-state index is 0.112. The first-order valence-corrected chi connectivity index (χ1v) is 8.73. The molecule has 1 fully saturated rings. The average Bonchev–Trinajstić information content (AvgIpc) is 2.83. The van der Waals surface area contributed by atoms with Crippen LogP contribution in [-0.4, -0.2) is 43.7 Å². The number of carbonyl (C=O) groups excluding carboxylic acids is 1. The van der Waals surface area contributed by atoms with Crippen LogP contribution < -0.4 is 0 Å². The number of hydrogen-bond donors (Lipinski definition) is 0. The lowest BCUT2D eigenvalue weighted by Gasteiger charge is -2.41. The third-order valence-corrected chi connectivity index (χ3v) is 5.05. The van der Waals surface area contributed by atoms with Gasteiger partial charge in [0.15, 0.2) is 0 Å². The Morgan fingerprint density at radius 2 is 2.36 bits per heavy atom. The summed E-state index contributed by atoms with van der Waals surface area (Å²) in [6.45, 7) is 5.51. The first kappa shape index (κ1) is 16.0. The van der Waals surface area contributed by atoms with Crippen LogP contribution in [0.3, 0.4) is 0 Å². The van der Waals surface area contributed by atoms with Gasteiger partial charge in [0.2, 0.25) is 0 Å². The highest BCUT2D eigenvalue weighted by molar-refractivity contribution is 9.10. The Labute approximate surface area is 139 Å². The highest BCUT2D eigenvalue weighted by atomic mass is 79.9. The summed E-state index contributed by atoms with van der Waals surface area (Å²) in [7, 11) is 0. The molecule has 4 nitrogen and oxygen atoms in total. The summed E-state index contributed by atoms with van der Waals surface area (Å²) >= 11 is 3.54. The Morgan fingerprint density at radius 3 is 3.18 bits per heavy atom. The van der Waals surface area contributed by atoms with Gasteiger partial charge in [-0.2, -0.15) is 0 Å². The molecule has 2 aliphatic rings. The molecule has 1 heterocycles. The molecule has 120 valence electrons. The zero-order valence-corrected chi connectivity index (χ0v) is 14.5. The summed E-state index contributed by atoms with van der Waals surface area (Å²) in [4.78, 5) is 13.9. The molecule has 22 heavy (non-hydrogen) atoms. The second-order valence-corrected chi connectivity index (χ2v) is 6.89. The molecule has 0 unspecified atom stereocenters. The van der Waals surface area contributed by atoms with Crippen molar-refractivity contribution in [2.24, 2.45) is 0 Å². The highest BCUT2D eigenvalue weighted by Crippen LogP contribution is 2.43. The molecule has 0 radical (unpaired) electrons. The van der Waals surface area contributed by atoms with E-state index in [-0.39, 0.29) is 11.6 Å². The van der Waals surface area contributed by atoms with Gasteiger partial charge in [-0.3, -0.25) is 9.69 Å². The topological polar surface area (TPSA) is 38.8 Å². The van der Waals surface area contributed by atoms with Gasteiger partial charge in [0, 0.05) is 24.1 Å². The normalized spacial score (nSPS) is 24.5. The van der Waals surface area contributed by atoms with Crippen LogP contribution in [0.1, 0.15) is 30.9 Å². The third-order valence-electron chi connectivity index (χ3n) is 4.56. The molecular formula is C17H22BrNO3. The minimum atomic E-state index is -0.192. The first-order valence-electron chi connectivity index (χ1n) is 7.94. The maximum Gasteiger partial charge on any atom is 0.307 e. The van der Waals surface area contributed by atoms with Gasteiger partial charge in [-0.1, -0.05) is 22.0 Å². The lowest BCUT2D eigenvalue weighted by atomic mass is 9.93. The Kier molecular flexibility index (Phi) is 4.85. The number of nitrogens with zero attached hydrogens (tertiary/aromatic N) is 1. The van der Waals surface area contributed by atoms with E-state index in [1.807, 2.05) is 6.92 Å². The predicted molar refractivity (Wildman–Crippen MR) is 87.8 cm³/mol. The lowest BCUT2D eigenvalue weighted by molar-refractivity contribution is -0.145. The summed E-state index contributed by atoms with van der Waals surface area (Å²) in [6, 6.07) is 6.47. The van der Waals surface area contributed by atoms with Gasteiger partial charge in [0.1, 0.15) is 5.60 Å². The van der Waals surface area contributed by atoms with E-state index in [0.29, 0.717) is 13.0 Å². The molecule has 1 saturated heterocycles. The molecule has 0 aromatic heterocycles. The number of benzene rings is 1. The van der Waals surface area contributed by atoms with Gasteiger partial charge >= 0.3 is 5.97 Å². The summed E-state index contributed by atoms with van der Waals surface area (Å²) in [5.74, 6) is -0.112. The Balaban J connectivity index is 1.68. The molecule has 0 saturated carbocycles. The lowest BCUT2D eigenvalue weighted by Crippen LogP contribution is -2.49. The van der Waals surface area contributed by atoms with Crippen LogP contribution in [0.15, 0.2) is 22.7 Å². The zero-order valence-electron chi connectivity index (χ0n) is 12.9. The number of hydrogen-bond acceptors (Lipinski definition) is 4. The Morgan fingerprint density at radius 1 is 1.50 bits per heavy atom. The Bertz CT molecular complexity index is 563. The molecule has 1 aliphatic heterocycles. The smallest absolute Gasteiger partial charge is 0.307 e. The number of fused-ring (bicyclic) bond motifs is 2. The summed E-state index contributed by atoms with van der Waals surface area (Å²) in [6.07, 6.45) is 2.53. The van der Waals surface area contributed by atoms with Crippen LogP contribution in [0, 0.1) is 0 Å². The molecule has 0 amide bonds. The van der Waals surface area contributed by atoms with Crippen molar-refractivity contribution in [2.75, 3.05) is 32.8 Å². The van der Waals surface area contributed by atoms with Crippen LogP contribution in [0.25, 0.3) is 0 Å². The highest BCUT2D eigenvalue weighted by Gasteiger charge is 2.43. The minimum Gasteiger partial charge on any atom is -0.466 e. The average molecular weight is 368 g/mol. The van der Waals surface area contributed by atoms with Gasteiger partial charge in [0.25, 0.3) is 0 Å². The second-order valence-electron chi connectivity index (χ2n) is 5.98. The SMILES string of the molecule is CCOC(=O)CCN1CCO[C@]2(CCc3cc(Br)ccc32)C1. The van der Waals surface area contributed by atoms with Crippen LogP contribution in [0.5, 0.6) is 0 Å². The molecule has 1 aliphatic carbocycles. The molecule has 3 rings (SSSR count). The fraction of sp³-hybridized carbons (Fsp3) is 0.588. The molecule has 1 spiro atoms. The van der Waals surface area contributed by atoms with Gasteiger partial charge in [-0.15, -0.1) is 0 Å². The molecule has 1 aromatic carbocycles. The van der Waals surface area contributed by atoms with Gasteiger partial charge in [0.05, 0.1) is 19.6 Å². The number of halogens is 1. The van der Waals surface area contributed by atoms with E-state index >= 15 is 0 Å². The monoisotopic (exact) mass is 367 g/mol. The van der Waals surface area contributed by atoms with Crippen molar-refractivity contribution >= 4 is 21.9 Å². The molecular weight excluding hydrogens is 346 g/mol. The first-order chi connectivity index (χ1) is 10.6. The number of aryl methyl sites for hydroxylation is 1. The van der Waals surface area contributed by atoms with Crippen LogP contribution in [-0.2, 0) is 26.3 Å². The summed E-state index contributed by atoms with van der Waals surface area (Å²) in [5, 5.41) is 0. The second kappa shape index (κ2) is 6.69. The standard InChI is InChI=1S/C17H22BrNO3/c1-2-21-16(20)6-8-19-9-10-22-17(12-19)7-5-13-11-14(18)3-4-15(13)17/h3-4,11H,2,5-10,12H2,1H3/t17-/m1/s1. The van der Waals surface area contributed by atoms with Crippen molar-refractivity contribution in [3.8, 4) is 0 Å². The van der Waals surface area contributed by atoms with E-state index in [2.05, 4.69) is 39.0 Å². The van der Waals surface area contributed by atoms with E-state index in [1.165, 1.54) is 11.1 Å². The maximum atomic E-state index is 11.5. The van der Waals surface area contributed by atoms with Crippen molar-refractivity contribution in [1.82, 2.24) is 4.90 Å². The van der Waals surface area contributed by atoms with Crippen molar-refractivity contribution in [1.29, 1.82) is 0 Å². The molecule has 0 bridgehead atoms. The number of carbonyl (C=O) groups is 1. The van der Waals surface area contributed by atoms with Crippen molar-refractivity contribution in [2.45, 2.75) is 31.8 Å².